The monoisotopic (exact) mass is 536 g/mol. The van der Waals surface area contributed by atoms with E-state index in [1.165, 1.54) is 0 Å². The summed E-state index contributed by atoms with van der Waals surface area (Å²) in [6.07, 6.45) is 1.25. The van der Waals surface area contributed by atoms with Crippen LogP contribution < -0.4 is 0 Å². The fourth-order valence-electron chi connectivity index (χ4n) is 1.58. The number of alkyl halides is 3. The van der Waals surface area contributed by atoms with E-state index >= 15 is 0 Å². The van der Waals surface area contributed by atoms with Gasteiger partial charge in [-0.25, -0.2) is 0 Å². The lowest BCUT2D eigenvalue weighted by Gasteiger charge is -2.31. The largest absolute Gasteiger partial charge is 0.465 e. The van der Waals surface area contributed by atoms with Gasteiger partial charge in [0.15, 0.2) is 0 Å². The summed E-state index contributed by atoms with van der Waals surface area (Å²) in [6.45, 7) is 1.95. The van der Waals surface area contributed by atoms with Crippen LogP contribution in [-0.2, 0) is 28.6 Å². The minimum atomic E-state index is -0.744. The summed E-state index contributed by atoms with van der Waals surface area (Å²) in [4.78, 5) is 34.8. The average molecular weight is 539 g/mol. The number of hydrogen-bond donors (Lipinski definition) is 0. The Labute approximate surface area is 167 Å². The smallest absolute Gasteiger partial charge is 0.306 e. The zero-order valence-electron chi connectivity index (χ0n) is 13.7. The third-order valence-corrected chi connectivity index (χ3v) is 4.45. The third kappa shape index (κ3) is 10.7. The topological polar surface area (TPSA) is 78.9 Å². The van der Waals surface area contributed by atoms with Crippen molar-refractivity contribution in [2.24, 2.45) is 5.41 Å². The number of halogens is 3. The first-order valence-corrected chi connectivity index (χ1v) is 10.9. The fourth-order valence-corrected chi connectivity index (χ4v) is 2.55. The van der Waals surface area contributed by atoms with Crippen molar-refractivity contribution in [2.75, 3.05) is 35.8 Å². The summed E-state index contributed by atoms with van der Waals surface area (Å²) >= 11 is 9.52. The van der Waals surface area contributed by atoms with Crippen LogP contribution in [0.5, 0.6) is 0 Å². The summed E-state index contributed by atoms with van der Waals surface area (Å²) < 4.78 is 15.8. The van der Waals surface area contributed by atoms with Crippen molar-refractivity contribution >= 4 is 65.7 Å². The van der Waals surface area contributed by atoms with Crippen LogP contribution in [0.25, 0.3) is 0 Å². The maximum absolute atomic E-state index is 11.6. The van der Waals surface area contributed by atoms with E-state index in [-0.39, 0.29) is 57.0 Å². The van der Waals surface area contributed by atoms with E-state index in [1.807, 2.05) is 6.92 Å². The lowest BCUT2D eigenvalue weighted by molar-refractivity contribution is -0.161. The van der Waals surface area contributed by atoms with Gasteiger partial charge < -0.3 is 14.2 Å². The highest BCUT2D eigenvalue weighted by atomic mass is 79.9. The molecule has 24 heavy (non-hydrogen) atoms. The van der Waals surface area contributed by atoms with Gasteiger partial charge in [-0.3, -0.25) is 14.4 Å². The molecule has 0 aromatic rings. The van der Waals surface area contributed by atoms with Crippen molar-refractivity contribution in [3.05, 3.63) is 0 Å². The molecule has 0 fully saturated rings. The van der Waals surface area contributed by atoms with E-state index in [0.29, 0.717) is 22.4 Å². The van der Waals surface area contributed by atoms with Crippen molar-refractivity contribution in [3.63, 3.8) is 0 Å². The quantitative estimate of drug-likeness (QED) is 0.203. The maximum atomic E-state index is 11.6. The Morgan fingerprint density at radius 2 is 1.00 bits per heavy atom. The van der Waals surface area contributed by atoms with E-state index in [9.17, 15) is 14.4 Å². The number of carbonyl (C=O) groups is 3. The molecule has 0 unspecified atom stereocenters. The van der Waals surface area contributed by atoms with Gasteiger partial charge in [0.1, 0.15) is 19.8 Å². The first-order valence-electron chi connectivity index (χ1n) is 7.57. The Balaban J connectivity index is 4.81. The van der Waals surface area contributed by atoms with Gasteiger partial charge in [0.05, 0.1) is 24.7 Å². The molecule has 0 atom stereocenters. The SMILES string of the molecule is CCC(COC(=O)CCBr)(COC(=O)CCBr)COC(=O)CCBr. The normalized spacial score (nSPS) is 11.0. The molecule has 0 bridgehead atoms. The standard InChI is InChI=1S/C15H23Br3O6/c1-2-15(9-22-12(19)3-6-16,10-23-13(20)4-7-17)11-24-14(21)5-8-18/h2-11H2,1H3. The molecule has 0 aliphatic rings. The summed E-state index contributed by atoms with van der Waals surface area (Å²) in [5.74, 6) is -1.07. The predicted octanol–water partition coefficient (Wildman–Crippen LogP) is 3.37. The Morgan fingerprint density at radius 1 is 0.708 bits per heavy atom. The van der Waals surface area contributed by atoms with Crippen LogP contribution in [0, 0.1) is 5.41 Å². The number of hydrogen-bond acceptors (Lipinski definition) is 6. The molecule has 0 aromatic carbocycles. The Bertz CT molecular complexity index is 348. The van der Waals surface area contributed by atoms with Crippen molar-refractivity contribution in [3.8, 4) is 0 Å². The molecule has 0 heterocycles. The van der Waals surface area contributed by atoms with E-state index in [0.717, 1.165) is 0 Å². The predicted molar refractivity (Wildman–Crippen MR) is 101 cm³/mol. The molecule has 0 aromatic heterocycles. The summed E-state index contributed by atoms with van der Waals surface area (Å²) in [7, 11) is 0. The second-order valence-electron chi connectivity index (χ2n) is 5.15. The molecule has 0 amide bonds. The summed E-state index contributed by atoms with van der Waals surface area (Å²) in [5, 5.41) is 1.52. The molecule has 0 radical (unpaired) electrons. The summed E-state index contributed by atoms with van der Waals surface area (Å²) in [6, 6.07) is 0. The molecule has 0 aliphatic heterocycles. The highest BCUT2D eigenvalue weighted by molar-refractivity contribution is 9.09. The summed E-state index contributed by atoms with van der Waals surface area (Å²) in [5.41, 5.74) is -0.744. The van der Waals surface area contributed by atoms with Gasteiger partial charge >= 0.3 is 17.9 Å². The molecule has 0 saturated heterocycles. The van der Waals surface area contributed by atoms with Crippen molar-refractivity contribution in [2.45, 2.75) is 32.6 Å². The second kappa shape index (κ2) is 14.1. The van der Waals surface area contributed by atoms with Gasteiger partial charge in [-0.05, 0) is 6.42 Å². The third-order valence-electron chi connectivity index (χ3n) is 3.26. The minimum Gasteiger partial charge on any atom is -0.465 e. The van der Waals surface area contributed by atoms with Crippen LogP contribution in [0.4, 0.5) is 0 Å². The van der Waals surface area contributed by atoms with Crippen LogP contribution in [0.3, 0.4) is 0 Å². The highest BCUT2D eigenvalue weighted by Crippen LogP contribution is 2.25. The van der Waals surface area contributed by atoms with E-state index < -0.39 is 5.41 Å². The van der Waals surface area contributed by atoms with Gasteiger partial charge in [0, 0.05) is 16.0 Å². The fraction of sp³-hybridized carbons (Fsp3) is 0.800. The molecule has 0 saturated carbocycles. The maximum Gasteiger partial charge on any atom is 0.306 e. The molecule has 9 heteroatoms. The number of esters is 3. The van der Waals surface area contributed by atoms with Crippen molar-refractivity contribution in [1.29, 1.82) is 0 Å². The van der Waals surface area contributed by atoms with Gasteiger partial charge in [0.25, 0.3) is 0 Å². The number of ether oxygens (including phenoxy) is 3. The lowest BCUT2D eigenvalue weighted by Crippen LogP contribution is -2.39. The average Bonchev–Trinajstić information content (AvgIpc) is 2.55. The van der Waals surface area contributed by atoms with Crippen LogP contribution in [0.1, 0.15) is 32.6 Å². The molecule has 0 N–H and O–H groups in total. The van der Waals surface area contributed by atoms with Crippen molar-refractivity contribution < 1.29 is 28.6 Å². The van der Waals surface area contributed by atoms with Crippen LogP contribution in [0.15, 0.2) is 0 Å². The van der Waals surface area contributed by atoms with Gasteiger partial charge in [-0.15, -0.1) is 0 Å². The van der Waals surface area contributed by atoms with Crippen LogP contribution in [-0.4, -0.2) is 53.7 Å². The van der Waals surface area contributed by atoms with E-state index in [1.54, 1.807) is 0 Å². The van der Waals surface area contributed by atoms with Gasteiger partial charge in [0.2, 0.25) is 0 Å². The van der Waals surface area contributed by atoms with Crippen LogP contribution in [0.2, 0.25) is 0 Å². The Morgan fingerprint density at radius 3 is 1.21 bits per heavy atom. The molecule has 0 aliphatic carbocycles. The first-order chi connectivity index (χ1) is 11.4. The molecular formula is C15H23Br3O6. The van der Waals surface area contributed by atoms with Gasteiger partial charge in [-0.1, -0.05) is 54.7 Å². The van der Waals surface area contributed by atoms with E-state index in [2.05, 4.69) is 47.8 Å². The van der Waals surface area contributed by atoms with Crippen molar-refractivity contribution in [1.82, 2.24) is 0 Å². The zero-order chi connectivity index (χ0) is 18.4. The lowest BCUT2D eigenvalue weighted by atomic mass is 9.88. The Kier molecular flexibility index (Phi) is 14.0. The van der Waals surface area contributed by atoms with Gasteiger partial charge in [-0.2, -0.15) is 0 Å². The Hall–Kier alpha value is -0.150. The molecule has 6 nitrogen and oxygen atoms in total. The molecule has 0 spiro atoms. The highest BCUT2D eigenvalue weighted by Gasteiger charge is 2.34. The van der Waals surface area contributed by atoms with E-state index in [4.69, 9.17) is 14.2 Å². The molecule has 0 rings (SSSR count). The zero-order valence-corrected chi connectivity index (χ0v) is 18.4. The first kappa shape index (κ1) is 23.9. The molecule has 140 valence electrons. The minimum absolute atomic E-state index is 0.0263. The molecular weight excluding hydrogens is 516 g/mol. The second-order valence-corrected chi connectivity index (χ2v) is 7.53. The number of carbonyl (C=O) groups excluding carboxylic acids is 3. The van der Waals surface area contributed by atoms with Crippen LogP contribution >= 0.6 is 47.8 Å². The number of rotatable bonds is 13.